The lowest BCUT2D eigenvalue weighted by Crippen LogP contribution is -2.48. The largest absolute Gasteiger partial charge is 0.462 e. The van der Waals surface area contributed by atoms with Gasteiger partial charge in [-0.2, -0.15) is 0 Å². The van der Waals surface area contributed by atoms with Gasteiger partial charge in [-0.05, 0) is 25.5 Å². The normalized spacial score (nSPS) is 15.6. The number of aromatic nitrogens is 1. The van der Waals surface area contributed by atoms with Crippen molar-refractivity contribution < 1.29 is 14.6 Å². The minimum Gasteiger partial charge on any atom is -0.462 e. The zero-order valence-corrected chi connectivity index (χ0v) is 14.9. The van der Waals surface area contributed by atoms with Crippen LogP contribution in [0.15, 0.2) is 24.3 Å². The Morgan fingerprint density at radius 3 is 2.64 bits per heavy atom. The summed E-state index contributed by atoms with van der Waals surface area (Å²) in [6.07, 6.45) is 0. The molecule has 0 bridgehead atoms. The zero-order valence-electron chi connectivity index (χ0n) is 14.9. The molecular formula is C19H25N3O3. The number of aryl methyl sites for hydroxylation is 1. The van der Waals surface area contributed by atoms with Crippen molar-refractivity contribution in [1.29, 1.82) is 0 Å². The van der Waals surface area contributed by atoms with Crippen LogP contribution in [0.5, 0.6) is 0 Å². The lowest BCUT2D eigenvalue weighted by molar-refractivity contribution is 0.0526. The van der Waals surface area contributed by atoms with Gasteiger partial charge in [-0.25, -0.2) is 9.78 Å². The molecule has 0 atom stereocenters. The number of aliphatic hydroxyl groups is 1. The number of β-amino-alcohol motifs (C(OH)–C–C–N with tert-alkyl or cyclic N) is 1. The predicted molar refractivity (Wildman–Crippen MR) is 98.2 cm³/mol. The van der Waals surface area contributed by atoms with Crippen molar-refractivity contribution in [2.75, 3.05) is 50.8 Å². The molecule has 1 saturated heterocycles. The average Bonchev–Trinajstić information content (AvgIpc) is 2.63. The van der Waals surface area contributed by atoms with Crippen molar-refractivity contribution in [3.05, 3.63) is 35.4 Å². The van der Waals surface area contributed by atoms with Crippen LogP contribution in [0.25, 0.3) is 10.9 Å². The minimum atomic E-state index is -0.314. The molecule has 1 fully saturated rings. The third-order valence-electron chi connectivity index (χ3n) is 4.70. The number of fused-ring (bicyclic) bond motifs is 1. The number of para-hydroxylation sites is 1. The highest BCUT2D eigenvalue weighted by atomic mass is 16.5. The Kier molecular flexibility index (Phi) is 5.50. The number of piperazine rings is 1. The standard InChI is InChI=1S/C19H25N3O3/c1-3-25-19(24)17-14(2)15-6-4-5-7-16(15)20-18(17)22-10-8-21(9-11-22)12-13-23/h4-7,23H,3,8-13H2,1-2H3. The van der Waals surface area contributed by atoms with E-state index in [-0.39, 0.29) is 12.6 Å². The molecule has 6 nitrogen and oxygen atoms in total. The Bertz CT molecular complexity index is 755. The quantitative estimate of drug-likeness (QED) is 0.836. The maximum absolute atomic E-state index is 12.6. The van der Waals surface area contributed by atoms with E-state index in [0.717, 1.165) is 42.6 Å². The molecule has 0 saturated carbocycles. The fourth-order valence-corrected chi connectivity index (χ4v) is 3.36. The number of hydrogen-bond acceptors (Lipinski definition) is 6. The summed E-state index contributed by atoms with van der Waals surface area (Å²) < 4.78 is 5.30. The number of rotatable bonds is 5. The van der Waals surface area contributed by atoms with Crippen LogP contribution in [0.3, 0.4) is 0 Å². The van der Waals surface area contributed by atoms with Gasteiger partial charge in [0.05, 0.1) is 18.7 Å². The van der Waals surface area contributed by atoms with Crippen LogP contribution < -0.4 is 4.90 Å². The molecule has 0 unspecified atom stereocenters. The summed E-state index contributed by atoms with van der Waals surface area (Å²) in [5.74, 6) is 0.393. The molecule has 2 aromatic rings. The molecule has 2 heterocycles. The number of ether oxygens (including phenoxy) is 1. The van der Waals surface area contributed by atoms with Gasteiger partial charge in [-0.3, -0.25) is 4.90 Å². The molecular weight excluding hydrogens is 318 g/mol. The summed E-state index contributed by atoms with van der Waals surface area (Å²) in [5, 5.41) is 10.1. The van der Waals surface area contributed by atoms with Crippen LogP contribution >= 0.6 is 0 Å². The second-order valence-electron chi connectivity index (χ2n) is 6.23. The highest BCUT2D eigenvalue weighted by Gasteiger charge is 2.26. The third-order valence-corrected chi connectivity index (χ3v) is 4.70. The van der Waals surface area contributed by atoms with E-state index in [4.69, 9.17) is 14.8 Å². The van der Waals surface area contributed by atoms with Crippen molar-refractivity contribution in [3.63, 3.8) is 0 Å². The van der Waals surface area contributed by atoms with E-state index in [9.17, 15) is 4.79 Å². The van der Waals surface area contributed by atoms with Crippen molar-refractivity contribution >= 4 is 22.7 Å². The molecule has 1 aliphatic rings. The van der Waals surface area contributed by atoms with Crippen molar-refractivity contribution in [2.24, 2.45) is 0 Å². The van der Waals surface area contributed by atoms with Gasteiger partial charge in [0, 0.05) is 38.1 Å². The molecule has 1 N–H and O–H groups in total. The fraction of sp³-hybridized carbons (Fsp3) is 0.474. The predicted octanol–water partition coefficient (Wildman–Crippen LogP) is 1.83. The van der Waals surface area contributed by atoms with E-state index in [1.807, 2.05) is 38.1 Å². The fourth-order valence-electron chi connectivity index (χ4n) is 3.36. The smallest absolute Gasteiger partial charge is 0.342 e. The number of carbonyl (C=O) groups excluding carboxylic acids is 1. The first kappa shape index (κ1) is 17.6. The number of anilines is 1. The van der Waals surface area contributed by atoms with Gasteiger partial charge in [-0.1, -0.05) is 18.2 Å². The van der Waals surface area contributed by atoms with Crippen LogP contribution in [0, 0.1) is 6.92 Å². The second kappa shape index (κ2) is 7.80. The number of benzene rings is 1. The molecule has 1 aliphatic heterocycles. The Balaban J connectivity index is 2.01. The van der Waals surface area contributed by atoms with Crippen LogP contribution in [0.4, 0.5) is 5.82 Å². The molecule has 0 amide bonds. The number of hydrogen-bond donors (Lipinski definition) is 1. The Hall–Kier alpha value is -2.18. The minimum absolute atomic E-state index is 0.168. The summed E-state index contributed by atoms with van der Waals surface area (Å²) in [5.41, 5.74) is 2.37. The van der Waals surface area contributed by atoms with Crippen LogP contribution in [-0.2, 0) is 4.74 Å². The van der Waals surface area contributed by atoms with E-state index in [1.54, 1.807) is 0 Å². The first-order valence-electron chi connectivity index (χ1n) is 8.80. The van der Waals surface area contributed by atoms with Crippen LogP contribution in [0.2, 0.25) is 0 Å². The van der Waals surface area contributed by atoms with Crippen molar-refractivity contribution in [2.45, 2.75) is 13.8 Å². The number of esters is 1. The van der Waals surface area contributed by atoms with Crippen LogP contribution in [-0.4, -0.2) is 66.9 Å². The number of carbonyl (C=O) groups is 1. The number of pyridine rings is 1. The third kappa shape index (κ3) is 3.60. The lowest BCUT2D eigenvalue weighted by Gasteiger charge is -2.36. The SMILES string of the molecule is CCOC(=O)c1c(N2CCN(CCO)CC2)nc2ccccc2c1C. The summed E-state index contributed by atoms with van der Waals surface area (Å²) in [4.78, 5) is 21.8. The van der Waals surface area contributed by atoms with Gasteiger partial charge in [0.2, 0.25) is 0 Å². The molecule has 0 aliphatic carbocycles. The monoisotopic (exact) mass is 343 g/mol. The van der Waals surface area contributed by atoms with E-state index >= 15 is 0 Å². The summed E-state index contributed by atoms with van der Waals surface area (Å²) in [7, 11) is 0. The molecule has 25 heavy (non-hydrogen) atoms. The van der Waals surface area contributed by atoms with Crippen molar-refractivity contribution in [1.82, 2.24) is 9.88 Å². The topological polar surface area (TPSA) is 65.9 Å². The number of nitrogens with zero attached hydrogens (tertiary/aromatic N) is 3. The van der Waals surface area contributed by atoms with Crippen molar-refractivity contribution in [3.8, 4) is 0 Å². The van der Waals surface area contributed by atoms with E-state index in [1.165, 1.54) is 0 Å². The summed E-state index contributed by atoms with van der Waals surface area (Å²) >= 11 is 0. The number of aliphatic hydroxyl groups excluding tert-OH is 1. The second-order valence-corrected chi connectivity index (χ2v) is 6.23. The molecule has 0 spiro atoms. The van der Waals surface area contributed by atoms with Gasteiger partial charge in [0.1, 0.15) is 11.4 Å². The Morgan fingerprint density at radius 1 is 1.24 bits per heavy atom. The summed E-state index contributed by atoms with van der Waals surface area (Å²) in [6, 6.07) is 7.88. The first-order chi connectivity index (χ1) is 12.2. The highest BCUT2D eigenvalue weighted by molar-refractivity contribution is 6.02. The van der Waals surface area contributed by atoms with Gasteiger partial charge < -0.3 is 14.7 Å². The maximum Gasteiger partial charge on any atom is 0.342 e. The van der Waals surface area contributed by atoms with E-state index in [2.05, 4.69) is 9.80 Å². The molecule has 1 aromatic carbocycles. The van der Waals surface area contributed by atoms with Gasteiger partial charge >= 0.3 is 5.97 Å². The molecule has 3 rings (SSSR count). The van der Waals surface area contributed by atoms with Gasteiger partial charge in [0.15, 0.2) is 0 Å². The Labute approximate surface area is 148 Å². The Morgan fingerprint density at radius 2 is 1.96 bits per heavy atom. The summed E-state index contributed by atoms with van der Waals surface area (Å²) in [6.45, 7) is 8.21. The zero-order chi connectivity index (χ0) is 17.8. The molecule has 1 aromatic heterocycles. The van der Waals surface area contributed by atoms with E-state index < -0.39 is 0 Å². The lowest BCUT2D eigenvalue weighted by atomic mass is 10.0. The molecule has 6 heteroatoms. The van der Waals surface area contributed by atoms with Gasteiger partial charge in [-0.15, -0.1) is 0 Å². The first-order valence-corrected chi connectivity index (χ1v) is 8.80. The average molecular weight is 343 g/mol. The van der Waals surface area contributed by atoms with Gasteiger partial charge in [0.25, 0.3) is 0 Å². The van der Waals surface area contributed by atoms with E-state index in [0.29, 0.717) is 24.5 Å². The molecule has 134 valence electrons. The highest BCUT2D eigenvalue weighted by Crippen LogP contribution is 2.29. The maximum atomic E-state index is 12.6. The van der Waals surface area contributed by atoms with Crippen LogP contribution in [0.1, 0.15) is 22.8 Å². The molecule has 0 radical (unpaired) electrons.